The van der Waals surface area contributed by atoms with Crippen LogP contribution in [0.5, 0.6) is 0 Å². The van der Waals surface area contributed by atoms with Crippen LogP contribution < -0.4 is 0 Å². The minimum Gasteiger partial charge on any atom is -0.373 e. The van der Waals surface area contributed by atoms with Gasteiger partial charge in [0.2, 0.25) is 0 Å². The minimum atomic E-state index is 0. The topological polar surface area (TPSA) is 58.7 Å². The van der Waals surface area contributed by atoms with E-state index < -0.39 is 0 Å². The van der Waals surface area contributed by atoms with E-state index in [4.69, 9.17) is 11.1 Å². The standard InChI is InChI=1S/Au.Cs.N3.H/c;;1-3-2;/q;;-1;. The Morgan fingerprint density at radius 2 is 1.20 bits per heavy atom. The monoisotopic (exact) mass is 373 g/mol. The van der Waals surface area contributed by atoms with Gasteiger partial charge >= 0.3 is 68.9 Å². The van der Waals surface area contributed by atoms with Gasteiger partial charge in [0.05, 0.1) is 0 Å². The van der Waals surface area contributed by atoms with Crippen molar-refractivity contribution >= 4 is 68.9 Å². The van der Waals surface area contributed by atoms with Crippen molar-refractivity contribution in [3.05, 3.63) is 16.0 Å². The van der Waals surface area contributed by atoms with Gasteiger partial charge in [0, 0.05) is 22.4 Å². The number of hydrogen-bond acceptors (Lipinski definition) is 0. The molecular weight excluding hydrogens is 372 g/mol. The molecule has 3 nitrogen and oxygen atoms in total. The average Bonchev–Trinajstić information content (AvgIpc) is 0.918. The maximum absolute atomic E-state index is 6.75. The first-order chi connectivity index (χ1) is 1.41. The number of hydrogen-bond donors (Lipinski definition) is 0. The summed E-state index contributed by atoms with van der Waals surface area (Å²) in [5, 5.41) is 0. The summed E-state index contributed by atoms with van der Waals surface area (Å²) >= 11 is 0. The quantitative estimate of drug-likeness (QED) is 0.253. The van der Waals surface area contributed by atoms with Crippen molar-refractivity contribution in [2.75, 3.05) is 0 Å². The van der Waals surface area contributed by atoms with Crippen molar-refractivity contribution in [2.45, 2.75) is 0 Å². The zero-order valence-electron chi connectivity index (χ0n) is 1.64. The van der Waals surface area contributed by atoms with Gasteiger partial charge in [0.15, 0.2) is 0 Å². The Balaban J connectivity index is -0.0000000200. The molecule has 0 rings (SSSR count). The van der Waals surface area contributed by atoms with E-state index in [9.17, 15) is 0 Å². The molecule has 29 valence electrons. The third kappa shape index (κ3) is 23.2. The summed E-state index contributed by atoms with van der Waals surface area (Å²) in [6.07, 6.45) is 0. The molecule has 0 aliphatic rings. The number of rotatable bonds is 0. The second kappa shape index (κ2) is 16.5. The molecule has 0 aromatic carbocycles. The molecule has 0 unspecified atom stereocenters. The van der Waals surface area contributed by atoms with E-state index in [1.807, 2.05) is 0 Å². The van der Waals surface area contributed by atoms with E-state index >= 15 is 0 Å². The first-order valence-electron chi connectivity index (χ1n) is 0.400. The van der Waals surface area contributed by atoms with Gasteiger partial charge in [-0.1, -0.05) is 0 Å². The van der Waals surface area contributed by atoms with E-state index in [1.165, 1.54) is 4.91 Å². The van der Waals surface area contributed by atoms with Crippen molar-refractivity contribution in [3.63, 3.8) is 0 Å². The fourth-order valence-electron chi connectivity index (χ4n) is 0. The van der Waals surface area contributed by atoms with Crippen molar-refractivity contribution in [1.29, 1.82) is 0 Å². The Kier molecular flexibility index (Phi) is 51.9. The number of nitrogens with zero attached hydrogens (tertiary/aromatic N) is 3. The van der Waals surface area contributed by atoms with E-state index in [0.717, 1.165) is 0 Å². The Morgan fingerprint density at radius 1 is 1.20 bits per heavy atom. The fourth-order valence-corrected chi connectivity index (χ4v) is 0. The van der Waals surface area contributed by atoms with Crippen LogP contribution in [0.15, 0.2) is 0 Å². The van der Waals surface area contributed by atoms with Crippen LogP contribution in [0.3, 0.4) is 0 Å². The zero-order valence-corrected chi connectivity index (χ0v) is 3.81. The molecule has 5 heavy (non-hydrogen) atoms. The summed E-state index contributed by atoms with van der Waals surface area (Å²) in [6.45, 7) is 0. The summed E-state index contributed by atoms with van der Waals surface area (Å²) in [5.41, 5.74) is 13.5. The van der Waals surface area contributed by atoms with E-state index in [0.29, 0.717) is 0 Å². The SMILES string of the molecule is [Au].[CsH].[N-]=[N+]=[N-]. The molecule has 0 aromatic heterocycles. The van der Waals surface area contributed by atoms with Crippen LogP contribution in [-0.2, 0) is 22.4 Å². The maximum atomic E-state index is 6.75. The molecule has 0 bridgehead atoms. The van der Waals surface area contributed by atoms with Crippen LogP contribution in [0.25, 0.3) is 16.0 Å². The Morgan fingerprint density at radius 3 is 1.20 bits per heavy atom. The van der Waals surface area contributed by atoms with Crippen LogP contribution in [0.2, 0.25) is 0 Å². The maximum Gasteiger partial charge on any atom is -0.255 e. The molecule has 0 aliphatic heterocycles. The zero-order chi connectivity index (χ0) is 2.71. The van der Waals surface area contributed by atoms with Crippen LogP contribution in [0.4, 0.5) is 0 Å². The van der Waals surface area contributed by atoms with Crippen LogP contribution in [-0.4, -0.2) is 68.9 Å². The summed E-state index contributed by atoms with van der Waals surface area (Å²) in [6, 6.07) is 0. The third-order valence-electron chi connectivity index (χ3n) is 0. The summed E-state index contributed by atoms with van der Waals surface area (Å²) in [7, 11) is 0. The van der Waals surface area contributed by atoms with Crippen molar-refractivity contribution in [1.82, 2.24) is 0 Å². The molecule has 1 radical (unpaired) electrons. The summed E-state index contributed by atoms with van der Waals surface area (Å²) in [5.74, 6) is 0. The molecule has 0 saturated carbocycles. The summed E-state index contributed by atoms with van der Waals surface area (Å²) < 4.78 is 0. The molecule has 0 N–H and O–H groups in total. The molecular formula is HAuCsN3-. The van der Waals surface area contributed by atoms with Gasteiger partial charge in [0.25, 0.3) is 0 Å². The molecule has 5 heteroatoms. The van der Waals surface area contributed by atoms with Crippen LogP contribution in [0.1, 0.15) is 0 Å². The first kappa shape index (κ1) is 15.7. The average molecular weight is 373 g/mol. The Bertz CT molecular complexity index is 27.9. The predicted molar refractivity (Wildman–Crippen MR) is 17.2 cm³/mol. The van der Waals surface area contributed by atoms with Crippen molar-refractivity contribution in [3.8, 4) is 0 Å². The van der Waals surface area contributed by atoms with Gasteiger partial charge in [-0.15, -0.1) is 0 Å². The van der Waals surface area contributed by atoms with Gasteiger partial charge in [-0.25, -0.2) is 0 Å². The molecule has 0 aromatic rings. The van der Waals surface area contributed by atoms with E-state index in [-0.39, 0.29) is 91.3 Å². The third-order valence-corrected chi connectivity index (χ3v) is 0. The van der Waals surface area contributed by atoms with Gasteiger partial charge in [-0.05, 0) is 0 Å². The van der Waals surface area contributed by atoms with Crippen LogP contribution >= 0.6 is 0 Å². The Labute approximate surface area is 104 Å². The predicted octanol–water partition coefficient (Wildman–Crippen LogP) is 0.215. The van der Waals surface area contributed by atoms with Gasteiger partial charge in [0.1, 0.15) is 0 Å². The molecule has 0 amide bonds. The van der Waals surface area contributed by atoms with Crippen LogP contribution in [0, 0.1) is 0 Å². The smallest absolute Gasteiger partial charge is 0.255 e. The molecule has 0 aliphatic carbocycles. The van der Waals surface area contributed by atoms with Crippen molar-refractivity contribution < 1.29 is 22.4 Å². The van der Waals surface area contributed by atoms with E-state index in [2.05, 4.69) is 0 Å². The molecule has 0 atom stereocenters. The molecule has 0 heterocycles. The second-order valence-corrected chi connectivity index (χ2v) is 0.0894. The molecule has 0 spiro atoms. The largest absolute Gasteiger partial charge is 0.373 e. The minimum absolute atomic E-state index is 0. The van der Waals surface area contributed by atoms with Gasteiger partial charge < -0.3 is 11.1 Å². The summed E-state index contributed by atoms with van der Waals surface area (Å²) in [4.78, 5) is 1.50. The molecule has 0 fully saturated rings. The molecule has 0 saturated heterocycles. The van der Waals surface area contributed by atoms with Gasteiger partial charge in [-0.3, -0.25) is 4.91 Å². The van der Waals surface area contributed by atoms with E-state index in [1.54, 1.807) is 0 Å². The van der Waals surface area contributed by atoms with Crippen molar-refractivity contribution in [2.24, 2.45) is 0 Å². The normalized spacial score (nSPS) is 1.60. The first-order valence-corrected chi connectivity index (χ1v) is 0.400. The fraction of sp³-hybridized carbons (Fsp3) is 0. The van der Waals surface area contributed by atoms with Gasteiger partial charge in [-0.2, -0.15) is 0 Å². The Hall–Kier alpha value is 2.10. The second-order valence-electron chi connectivity index (χ2n) is 0.0894.